The van der Waals surface area contributed by atoms with Gasteiger partial charge in [-0.1, -0.05) is 11.6 Å². The number of rotatable bonds is 7. The number of aromatic nitrogens is 3. The van der Waals surface area contributed by atoms with Gasteiger partial charge in [0.2, 0.25) is 5.88 Å². The molecule has 2 aromatic heterocycles. The van der Waals surface area contributed by atoms with Crippen LogP contribution in [0, 0.1) is 29.6 Å². The lowest BCUT2D eigenvalue weighted by Gasteiger charge is -2.30. The van der Waals surface area contributed by atoms with Crippen molar-refractivity contribution in [2.45, 2.75) is 32.9 Å². The Morgan fingerprint density at radius 3 is 2.80 bits per heavy atom. The molecule has 0 aromatic carbocycles. The highest BCUT2D eigenvalue weighted by molar-refractivity contribution is 6.30. The van der Waals surface area contributed by atoms with Crippen molar-refractivity contribution in [3.05, 3.63) is 39.4 Å². The number of nitrogens with zero attached hydrogens (tertiary/aromatic N) is 6. The molecular weight excluding hydrogens is 416 g/mol. The second-order valence-corrected chi connectivity index (χ2v) is 6.98. The summed E-state index contributed by atoms with van der Waals surface area (Å²) in [5.74, 6) is 0.604. The van der Waals surface area contributed by atoms with E-state index in [-0.39, 0.29) is 17.6 Å². The first kappa shape index (κ1) is 21.6. The van der Waals surface area contributed by atoms with E-state index in [0.29, 0.717) is 48.8 Å². The van der Waals surface area contributed by atoms with Crippen LogP contribution in [0.2, 0.25) is 5.15 Å². The zero-order valence-electron chi connectivity index (χ0n) is 16.1. The number of hydrogen-bond acceptors (Lipinski definition) is 8. The number of nitrogens with one attached hydrogen (secondary N) is 1. The molecule has 11 heteroatoms. The van der Waals surface area contributed by atoms with Gasteiger partial charge >= 0.3 is 0 Å². The zero-order valence-corrected chi connectivity index (χ0v) is 16.9. The van der Waals surface area contributed by atoms with Gasteiger partial charge in [-0.3, -0.25) is 4.90 Å². The second-order valence-electron chi connectivity index (χ2n) is 6.62. The molecule has 0 amide bonds. The number of pyridine rings is 1. The largest absolute Gasteiger partial charge is 0.470 e. The molecule has 3 heterocycles. The fourth-order valence-corrected chi connectivity index (χ4v) is 3.52. The van der Waals surface area contributed by atoms with Crippen molar-refractivity contribution < 1.29 is 13.5 Å². The number of fused-ring (bicyclic) bond motifs is 1. The summed E-state index contributed by atoms with van der Waals surface area (Å²) in [5, 5.41) is 21.4. The van der Waals surface area contributed by atoms with Gasteiger partial charge in [-0.15, -0.1) is 0 Å². The molecule has 0 fully saturated rings. The molecule has 8 nitrogen and oxygen atoms in total. The van der Waals surface area contributed by atoms with Crippen molar-refractivity contribution in [1.29, 1.82) is 10.5 Å². The molecule has 30 heavy (non-hydrogen) atoms. The van der Waals surface area contributed by atoms with E-state index in [1.165, 1.54) is 6.20 Å². The number of hydrogen-bond donors (Lipinski definition) is 1. The van der Waals surface area contributed by atoms with Crippen molar-refractivity contribution in [1.82, 2.24) is 19.9 Å². The van der Waals surface area contributed by atoms with Crippen molar-refractivity contribution >= 4 is 17.4 Å². The Morgan fingerprint density at radius 2 is 2.13 bits per heavy atom. The first-order chi connectivity index (χ1) is 14.4. The second kappa shape index (κ2) is 9.61. The fraction of sp³-hybridized carbons (Fsp3) is 0.421. The number of ether oxygens (including phenoxy) is 1. The van der Waals surface area contributed by atoms with Crippen LogP contribution < -0.4 is 10.1 Å². The lowest BCUT2D eigenvalue weighted by Crippen LogP contribution is -2.32. The van der Waals surface area contributed by atoms with Crippen LogP contribution >= 0.6 is 11.6 Å². The number of aryl methyl sites for hydroxylation is 1. The molecule has 156 valence electrons. The molecule has 0 bridgehead atoms. The standard InChI is InChI=1S/C19H18ClF2N7O/c1-11-19(30-10-16(21)22)26-7-12(27-11)8-29-5-2-13-15(9-29)14(6-24)17(20)28-18(13)25-4-3-23/h7,16H,2,4-5,8-10H2,1H3,(H,25,28). The summed E-state index contributed by atoms with van der Waals surface area (Å²) in [4.78, 5) is 14.8. The van der Waals surface area contributed by atoms with E-state index in [1.807, 2.05) is 6.07 Å². The molecule has 2 aromatic rings. The Kier molecular flexibility index (Phi) is 6.93. The van der Waals surface area contributed by atoms with Gasteiger partial charge in [0.15, 0.2) is 6.61 Å². The lowest BCUT2D eigenvalue weighted by atomic mass is 9.96. The van der Waals surface area contributed by atoms with Crippen LogP contribution in [0.5, 0.6) is 5.88 Å². The van der Waals surface area contributed by atoms with Crippen LogP contribution in [-0.4, -0.2) is 46.0 Å². The van der Waals surface area contributed by atoms with Gasteiger partial charge in [0.05, 0.1) is 29.2 Å². The quantitative estimate of drug-likeness (QED) is 0.524. The summed E-state index contributed by atoms with van der Waals surface area (Å²) in [6.07, 6.45) is -0.472. The van der Waals surface area contributed by atoms with Gasteiger partial charge in [0.25, 0.3) is 6.43 Å². The maximum atomic E-state index is 12.3. The van der Waals surface area contributed by atoms with E-state index in [9.17, 15) is 14.0 Å². The summed E-state index contributed by atoms with van der Waals surface area (Å²) in [7, 11) is 0. The van der Waals surface area contributed by atoms with Crippen LogP contribution in [0.15, 0.2) is 6.20 Å². The predicted octanol–water partition coefficient (Wildman–Crippen LogP) is 2.84. The van der Waals surface area contributed by atoms with E-state index in [4.69, 9.17) is 21.6 Å². The van der Waals surface area contributed by atoms with E-state index in [1.54, 1.807) is 6.92 Å². The molecule has 1 N–H and O–H groups in total. The van der Waals surface area contributed by atoms with Gasteiger partial charge in [-0.25, -0.2) is 23.7 Å². The van der Waals surface area contributed by atoms with Gasteiger partial charge in [-0.2, -0.15) is 10.5 Å². The Labute approximate surface area is 177 Å². The van der Waals surface area contributed by atoms with Crippen LogP contribution in [0.3, 0.4) is 0 Å². The summed E-state index contributed by atoms with van der Waals surface area (Å²) in [5.41, 5.74) is 3.04. The maximum Gasteiger partial charge on any atom is 0.272 e. The van der Waals surface area contributed by atoms with Crippen molar-refractivity contribution in [2.24, 2.45) is 0 Å². The summed E-state index contributed by atoms with van der Waals surface area (Å²) in [6, 6.07) is 4.11. The van der Waals surface area contributed by atoms with Gasteiger partial charge < -0.3 is 10.1 Å². The first-order valence-corrected chi connectivity index (χ1v) is 9.48. The Morgan fingerprint density at radius 1 is 1.33 bits per heavy atom. The average Bonchev–Trinajstić information content (AvgIpc) is 2.71. The topological polar surface area (TPSA) is 111 Å². The maximum absolute atomic E-state index is 12.3. The number of nitriles is 2. The summed E-state index contributed by atoms with van der Waals surface area (Å²) in [6.45, 7) is 2.58. The minimum atomic E-state index is -2.58. The lowest BCUT2D eigenvalue weighted by molar-refractivity contribution is 0.0789. The highest BCUT2D eigenvalue weighted by Gasteiger charge is 2.25. The highest BCUT2D eigenvalue weighted by atomic mass is 35.5. The molecule has 0 spiro atoms. The first-order valence-electron chi connectivity index (χ1n) is 9.11. The molecule has 0 saturated carbocycles. The molecule has 1 aliphatic heterocycles. The fourth-order valence-electron chi connectivity index (χ4n) is 3.28. The molecule has 1 aliphatic rings. The van der Waals surface area contributed by atoms with E-state index in [0.717, 1.165) is 11.1 Å². The molecule has 0 aliphatic carbocycles. The normalized spacial score (nSPS) is 13.4. The SMILES string of the molecule is Cc1nc(CN2CCc3c(NCC#N)nc(Cl)c(C#N)c3C2)cnc1OCC(F)F. The van der Waals surface area contributed by atoms with Crippen molar-refractivity contribution in [2.75, 3.05) is 25.0 Å². The number of anilines is 1. The van der Waals surface area contributed by atoms with Gasteiger partial charge in [0.1, 0.15) is 23.6 Å². The minimum Gasteiger partial charge on any atom is -0.470 e. The minimum absolute atomic E-state index is 0.0836. The monoisotopic (exact) mass is 433 g/mol. The zero-order chi connectivity index (χ0) is 21.7. The van der Waals surface area contributed by atoms with Crippen molar-refractivity contribution in [3.63, 3.8) is 0 Å². The molecule has 3 rings (SSSR count). The Balaban J connectivity index is 1.78. The molecule has 0 unspecified atom stereocenters. The third-order valence-corrected chi connectivity index (χ3v) is 4.83. The third kappa shape index (κ3) is 4.90. The van der Waals surface area contributed by atoms with Crippen LogP contribution in [-0.2, 0) is 19.5 Å². The van der Waals surface area contributed by atoms with E-state index < -0.39 is 13.0 Å². The van der Waals surface area contributed by atoms with Crippen LogP contribution in [0.1, 0.15) is 28.1 Å². The van der Waals surface area contributed by atoms with Gasteiger partial charge in [-0.05, 0) is 18.9 Å². The molecular formula is C19H18ClF2N7O. The number of alkyl halides is 2. The van der Waals surface area contributed by atoms with Crippen molar-refractivity contribution in [3.8, 4) is 18.0 Å². The molecule has 0 atom stereocenters. The van der Waals surface area contributed by atoms with Crippen LogP contribution in [0.4, 0.5) is 14.6 Å². The predicted molar refractivity (Wildman–Crippen MR) is 104 cm³/mol. The van der Waals surface area contributed by atoms with E-state index >= 15 is 0 Å². The summed E-state index contributed by atoms with van der Waals surface area (Å²) >= 11 is 6.18. The number of halogens is 3. The average molecular weight is 434 g/mol. The van der Waals surface area contributed by atoms with E-state index in [2.05, 4.69) is 31.2 Å². The third-order valence-electron chi connectivity index (χ3n) is 4.56. The van der Waals surface area contributed by atoms with Crippen LogP contribution in [0.25, 0.3) is 0 Å². The summed E-state index contributed by atoms with van der Waals surface area (Å²) < 4.78 is 29.6. The Hall–Kier alpha value is -3.08. The van der Waals surface area contributed by atoms with Gasteiger partial charge in [0, 0.05) is 25.2 Å². The Bertz CT molecular complexity index is 1020. The molecule has 0 radical (unpaired) electrons. The molecule has 0 saturated heterocycles. The highest BCUT2D eigenvalue weighted by Crippen LogP contribution is 2.32. The smallest absolute Gasteiger partial charge is 0.272 e.